The summed E-state index contributed by atoms with van der Waals surface area (Å²) in [5.41, 5.74) is 1.10. The van der Waals surface area contributed by atoms with Gasteiger partial charge < -0.3 is 19.2 Å². The minimum Gasteiger partial charge on any atom is -0.466 e. The van der Waals surface area contributed by atoms with E-state index in [1.807, 2.05) is 24.8 Å². The van der Waals surface area contributed by atoms with Crippen molar-refractivity contribution >= 4 is 57.7 Å². The van der Waals surface area contributed by atoms with Crippen molar-refractivity contribution in [2.45, 2.75) is 63.8 Å². The number of hydrogen-bond donors (Lipinski definition) is 1. The molecule has 1 unspecified atom stereocenters. The van der Waals surface area contributed by atoms with Crippen molar-refractivity contribution in [1.82, 2.24) is 9.80 Å². The van der Waals surface area contributed by atoms with Crippen molar-refractivity contribution in [3.8, 4) is 0 Å². The van der Waals surface area contributed by atoms with E-state index in [9.17, 15) is 14.4 Å². The largest absolute Gasteiger partial charge is 0.466 e. The number of furan rings is 1. The molecule has 3 heterocycles. The molecule has 0 radical (unpaired) electrons. The van der Waals surface area contributed by atoms with E-state index in [-0.39, 0.29) is 46.5 Å². The summed E-state index contributed by atoms with van der Waals surface area (Å²) >= 11 is 8.45. The van der Waals surface area contributed by atoms with Gasteiger partial charge in [0.25, 0.3) is 5.91 Å². The first-order chi connectivity index (χ1) is 22.8. The number of ketones is 1. The lowest BCUT2D eigenvalue weighted by molar-refractivity contribution is -0.254. The van der Waals surface area contributed by atoms with Gasteiger partial charge in [0.05, 0.1) is 34.9 Å². The van der Waals surface area contributed by atoms with Crippen LogP contribution in [0.15, 0.2) is 47.1 Å². The maximum absolute atomic E-state index is 15.8. The molecule has 2 saturated heterocycles. The number of ether oxygens (including phenoxy) is 2. The standard InChI is InChI=1S/C35H41ClFN3O6S/c1-2-44-34(43)23-9-11-25(12-10-23)46-35(39-13-5-6-14-39,40-15-17-47-18-16-40)32(41)20-24-19-28(36)30(21-29(24)37)38-33(42)27-22-45-31-8-4-3-7-26(27)31/h3-4,7-8,19,21-23,25H,2,5-6,9-18,20H2,1H3,(H,38,42). The fourth-order valence-corrected chi connectivity index (χ4v) is 8.15. The summed E-state index contributed by atoms with van der Waals surface area (Å²) in [5, 5.41) is 3.45. The Morgan fingerprint density at radius 3 is 2.47 bits per heavy atom. The number of amides is 1. The molecule has 3 aliphatic rings. The fourth-order valence-electron chi connectivity index (χ4n) is 7.01. The number of para-hydroxylation sites is 1. The van der Waals surface area contributed by atoms with Crippen molar-refractivity contribution in [2.24, 2.45) is 5.92 Å². The summed E-state index contributed by atoms with van der Waals surface area (Å²) in [5.74, 6) is -1.34. The van der Waals surface area contributed by atoms with E-state index < -0.39 is 17.6 Å². The number of nitrogens with one attached hydrogen (secondary N) is 1. The molecule has 6 rings (SSSR count). The van der Waals surface area contributed by atoms with Crippen molar-refractivity contribution < 1.29 is 32.7 Å². The lowest BCUT2D eigenvalue weighted by Gasteiger charge is -2.50. The van der Waals surface area contributed by atoms with Crippen molar-refractivity contribution in [3.63, 3.8) is 0 Å². The molecule has 2 aromatic carbocycles. The zero-order valence-electron chi connectivity index (χ0n) is 26.6. The number of esters is 1. The van der Waals surface area contributed by atoms with Crippen LogP contribution in [0.3, 0.4) is 0 Å². The van der Waals surface area contributed by atoms with Gasteiger partial charge in [-0.15, -0.1) is 0 Å². The first-order valence-corrected chi connectivity index (χ1v) is 18.0. The summed E-state index contributed by atoms with van der Waals surface area (Å²) in [6.07, 6.45) is 5.32. The zero-order valence-corrected chi connectivity index (χ0v) is 28.2. The first-order valence-electron chi connectivity index (χ1n) is 16.5. The highest BCUT2D eigenvalue weighted by Crippen LogP contribution is 2.38. The molecule has 1 saturated carbocycles. The van der Waals surface area contributed by atoms with Gasteiger partial charge in [-0.25, -0.2) is 4.39 Å². The lowest BCUT2D eigenvalue weighted by atomic mass is 9.87. The monoisotopic (exact) mass is 685 g/mol. The Bertz CT molecular complexity index is 1600. The third-order valence-electron chi connectivity index (χ3n) is 9.42. The highest BCUT2D eigenvalue weighted by Gasteiger charge is 2.52. The number of nitrogens with zero attached hydrogens (tertiary/aromatic N) is 2. The van der Waals surface area contributed by atoms with Crippen molar-refractivity contribution in [1.29, 1.82) is 0 Å². The van der Waals surface area contributed by atoms with Crippen LogP contribution >= 0.6 is 23.4 Å². The molecule has 1 amide bonds. The summed E-state index contributed by atoms with van der Waals surface area (Å²) in [7, 11) is 0. The van der Waals surface area contributed by atoms with Gasteiger partial charge in [-0.1, -0.05) is 29.8 Å². The predicted molar refractivity (Wildman–Crippen MR) is 180 cm³/mol. The second kappa shape index (κ2) is 15.1. The Kier molecular flexibility index (Phi) is 10.9. The normalized spacial score (nSPS) is 22.2. The van der Waals surface area contributed by atoms with Crippen molar-refractivity contribution in [2.75, 3.05) is 49.6 Å². The molecule has 1 atom stereocenters. The molecular weight excluding hydrogens is 645 g/mol. The van der Waals surface area contributed by atoms with E-state index in [1.165, 1.54) is 12.3 Å². The average molecular weight is 686 g/mol. The molecule has 1 aromatic heterocycles. The Labute approximate surface area is 283 Å². The van der Waals surface area contributed by atoms with Gasteiger partial charge in [0.15, 0.2) is 5.78 Å². The molecule has 0 spiro atoms. The van der Waals surface area contributed by atoms with Gasteiger partial charge in [0, 0.05) is 49.5 Å². The molecular formula is C35H41ClFN3O6S. The summed E-state index contributed by atoms with van der Waals surface area (Å²) in [6.45, 7) is 4.89. The van der Waals surface area contributed by atoms with Crippen LogP contribution in [0.2, 0.25) is 5.02 Å². The van der Waals surface area contributed by atoms with Crippen LogP contribution in [-0.2, 0) is 25.5 Å². The average Bonchev–Trinajstić information content (AvgIpc) is 3.78. The van der Waals surface area contributed by atoms with Crippen LogP contribution in [-0.4, -0.2) is 83.7 Å². The molecule has 2 aliphatic heterocycles. The Morgan fingerprint density at radius 1 is 1.04 bits per heavy atom. The molecule has 3 aromatic rings. The summed E-state index contributed by atoms with van der Waals surface area (Å²) < 4.78 is 33.5. The lowest BCUT2D eigenvalue weighted by Crippen LogP contribution is -2.69. The Morgan fingerprint density at radius 2 is 1.74 bits per heavy atom. The molecule has 1 N–H and O–H groups in total. The minimum absolute atomic E-state index is 0.101. The van der Waals surface area contributed by atoms with E-state index in [4.69, 9.17) is 25.5 Å². The summed E-state index contributed by atoms with van der Waals surface area (Å²) in [6, 6.07) is 9.72. The van der Waals surface area contributed by atoms with Gasteiger partial charge in [0.1, 0.15) is 17.7 Å². The third-order valence-corrected chi connectivity index (χ3v) is 10.7. The zero-order chi connectivity index (χ0) is 33.0. The van der Waals surface area contributed by atoms with Gasteiger partial charge in [-0.05, 0) is 69.2 Å². The Balaban J connectivity index is 1.24. The van der Waals surface area contributed by atoms with Gasteiger partial charge in [0.2, 0.25) is 5.85 Å². The van der Waals surface area contributed by atoms with Crippen LogP contribution in [0, 0.1) is 11.7 Å². The highest BCUT2D eigenvalue weighted by atomic mass is 35.5. The smallest absolute Gasteiger partial charge is 0.308 e. The van der Waals surface area contributed by atoms with E-state index in [0.29, 0.717) is 75.0 Å². The number of hydrogen-bond acceptors (Lipinski definition) is 9. The topological polar surface area (TPSA) is 101 Å². The molecule has 12 heteroatoms. The van der Waals surface area contributed by atoms with Gasteiger partial charge in [-0.3, -0.25) is 24.2 Å². The fraction of sp³-hybridized carbons (Fsp3) is 0.514. The van der Waals surface area contributed by atoms with E-state index in [2.05, 4.69) is 15.1 Å². The molecule has 0 bridgehead atoms. The molecule has 1 aliphatic carbocycles. The number of benzene rings is 2. The van der Waals surface area contributed by atoms with Crippen LogP contribution in [0.4, 0.5) is 10.1 Å². The second-order valence-electron chi connectivity index (χ2n) is 12.4. The predicted octanol–water partition coefficient (Wildman–Crippen LogP) is 6.53. The maximum atomic E-state index is 15.8. The number of halogens is 2. The number of carbonyl (C=O) groups excluding carboxylic acids is 3. The maximum Gasteiger partial charge on any atom is 0.308 e. The molecule has 3 fully saturated rings. The number of rotatable bonds is 11. The van der Waals surface area contributed by atoms with Gasteiger partial charge in [-0.2, -0.15) is 11.8 Å². The number of Topliss-reactive ketones (excluding diaryl/α,β-unsaturated/α-hetero) is 1. The molecule has 47 heavy (non-hydrogen) atoms. The van der Waals surface area contributed by atoms with Crippen molar-refractivity contribution in [3.05, 3.63) is 64.6 Å². The number of anilines is 1. The number of likely N-dealkylation sites (tertiary alicyclic amines) is 1. The summed E-state index contributed by atoms with van der Waals surface area (Å²) in [4.78, 5) is 44.4. The first kappa shape index (κ1) is 33.9. The number of thioether (sulfide) groups is 1. The molecule has 9 nitrogen and oxygen atoms in total. The van der Waals surface area contributed by atoms with Crippen LogP contribution in [0.25, 0.3) is 11.0 Å². The molecule has 252 valence electrons. The quantitative estimate of drug-likeness (QED) is 0.226. The SMILES string of the molecule is CCOC(=O)C1CCC(OC(C(=O)Cc2cc(Cl)c(NC(=O)c3coc4ccccc34)cc2F)(N2CCCC2)N2CCSCC2)CC1. The van der Waals surface area contributed by atoms with Crippen LogP contribution in [0.1, 0.15) is 61.4 Å². The number of carbonyl (C=O) groups is 3. The number of fused-ring (bicyclic) bond motifs is 1. The highest BCUT2D eigenvalue weighted by molar-refractivity contribution is 7.99. The third kappa shape index (κ3) is 7.24. The van der Waals surface area contributed by atoms with E-state index in [0.717, 1.165) is 30.4 Å². The minimum atomic E-state index is -1.35. The van der Waals surface area contributed by atoms with Gasteiger partial charge >= 0.3 is 5.97 Å². The van der Waals surface area contributed by atoms with E-state index >= 15 is 4.39 Å². The Hall–Kier alpha value is -2.96. The second-order valence-corrected chi connectivity index (χ2v) is 14.0. The van der Waals surface area contributed by atoms with Crippen LogP contribution in [0.5, 0.6) is 0 Å². The van der Waals surface area contributed by atoms with Crippen LogP contribution < -0.4 is 5.32 Å². The van der Waals surface area contributed by atoms with E-state index in [1.54, 1.807) is 18.2 Å².